The highest BCUT2D eigenvalue weighted by atomic mass is 32.2. The van der Waals surface area contributed by atoms with E-state index in [1.165, 1.54) is 11.8 Å². The summed E-state index contributed by atoms with van der Waals surface area (Å²) in [5, 5.41) is 0.229. The molecule has 1 aliphatic rings. The summed E-state index contributed by atoms with van der Waals surface area (Å²) in [4.78, 5) is 25.5. The molecule has 0 heterocycles. The van der Waals surface area contributed by atoms with Gasteiger partial charge in [0, 0.05) is 22.5 Å². The fourth-order valence-electron chi connectivity index (χ4n) is 3.76. The molecule has 0 spiro atoms. The SMILES string of the molecule is C=CCC[C@@H](C(=O)SC(C)(C)C)[C@H]1CCC(=O)[C@]1(C)CC(=C)C. The Kier molecular flexibility index (Phi) is 6.88. The van der Waals surface area contributed by atoms with Crippen molar-refractivity contribution < 1.29 is 9.59 Å². The van der Waals surface area contributed by atoms with Crippen molar-refractivity contribution in [1.82, 2.24) is 0 Å². The number of carbonyl (C=O) groups is 2. The van der Waals surface area contributed by atoms with Gasteiger partial charge in [0.25, 0.3) is 0 Å². The van der Waals surface area contributed by atoms with Crippen LogP contribution in [0.2, 0.25) is 0 Å². The fourth-order valence-corrected chi connectivity index (χ4v) is 4.79. The summed E-state index contributed by atoms with van der Waals surface area (Å²) in [5.41, 5.74) is 0.581. The van der Waals surface area contributed by atoms with Crippen molar-refractivity contribution in [2.45, 2.75) is 71.5 Å². The van der Waals surface area contributed by atoms with Gasteiger partial charge >= 0.3 is 0 Å². The minimum Gasteiger partial charge on any atom is -0.299 e. The molecule has 3 heteroatoms. The molecule has 0 N–H and O–H groups in total. The minimum atomic E-state index is -0.439. The zero-order valence-electron chi connectivity index (χ0n) is 15.4. The molecule has 0 bridgehead atoms. The molecule has 0 aromatic heterocycles. The van der Waals surface area contributed by atoms with E-state index in [0.717, 1.165) is 24.8 Å². The van der Waals surface area contributed by atoms with Gasteiger partial charge in [-0.05, 0) is 38.5 Å². The number of carbonyl (C=O) groups excluding carboxylic acids is 2. The Hall–Kier alpha value is -0.830. The van der Waals surface area contributed by atoms with Crippen molar-refractivity contribution in [3.05, 3.63) is 24.8 Å². The van der Waals surface area contributed by atoms with Crippen LogP contribution in [0.5, 0.6) is 0 Å². The van der Waals surface area contributed by atoms with Crippen LogP contribution in [0.4, 0.5) is 0 Å². The Labute approximate surface area is 146 Å². The summed E-state index contributed by atoms with van der Waals surface area (Å²) >= 11 is 1.42. The predicted octanol–water partition coefficient (Wildman–Crippen LogP) is 5.58. The molecule has 0 aromatic carbocycles. The van der Waals surface area contributed by atoms with Crippen LogP contribution in [0, 0.1) is 17.3 Å². The van der Waals surface area contributed by atoms with E-state index in [1.807, 2.05) is 19.9 Å². The molecule has 1 rings (SSSR count). The molecule has 2 nitrogen and oxygen atoms in total. The lowest BCUT2D eigenvalue weighted by molar-refractivity contribution is -0.128. The Bertz CT molecular complexity index is 486. The average molecular weight is 337 g/mol. The number of rotatable bonds is 7. The third kappa shape index (κ3) is 5.34. The van der Waals surface area contributed by atoms with Crippen LogP contribution in [-0.4, -0.2) is 15.6 Å². The van der Waals surface area contributed by atoms with Gasteiger partial charge in [-0.25, -0.2) is 0 Å². The third-order valence-electron chi connectivity index (χ3n) is 4.68. The Balaban J connectivity index is 3.09. The second-order valence-electron chi connectivity index (χ2n) is 8.13. The van der Waals surface area contributed by atoms with Gasteiger partial charge in [-0.3, -0.25) is 9.59 Å². The predicted molar refractivity (Wildman–Crippen MR) is 101 cm³/mol. The molecule has 1 fully saturated rings. The lowest BCUT2D eigenvalue weighted by Crippen LogP contribution is -2.37. The van der Waals surface area contributed by atoms with E-state index in [9.17, 15) is 9.59 Å². The molecule has 1 aliphatic carbocycles. The average Bonchev–Trinajstić information content (AvgIpc) is 2.64. The second kappa shape index (κ2) is 7.83. The zero-order chi connectivity index (χ0) is 17.8. The number of hydrogen-bond donors (Lipinski definition) is 0. The van der Waals surface area contributed by atoms with Gasteiger partial charge in [0.15, 0.2) is 5.12 Å². The quantitative estimate of drug-likeness (QED) is 0.569. The van der Waals surface area contributed by atoms with Crippen molar-refractivity contribution >= 4 is 22.7 Å². The van der Waals surface area contributed by atoms with Gasteiger partial charge in [-0.1, -0.05) is 51.1 Å². The van der Waals surface area contributed by atoms with Crippen LogP contribution in [0.1, 0.15) is 66.7 Å². The van der Waals surface area contributed by atoms with Crippen molar-refractivity contribution in [2.24, 2.45) is 17.3 Å². The van der Waals surface area contributed by atoms with Crippen LogP contribution >= 0.6 is 11.8 Å². The number of thioether (sulfide) groups is 1. The van der Waals surface area contributed by atoms with Gasteiger partial charge < -0.3 is 0 Å². The van der Waals surface area contributed by atoms with Gasteiger partial charge in [-0.15, -0.1) is 13.2 Å². The summed E-state index contributed by atoms with van der Waals surface area (Å²) in [6.45, 7) is 18.0. The highest BCUT2D eigenvalue weighted by molar-refractivity contribution is 8.14. The maximum atomic E-state index is 12.9. The van der Waals surface area contributed by atoms with E-state index in [1.54, 1.807) is 0 Å². The number of hydrogen-bond acceptors (Lipinski definition) is 3. The largest absolute Gasteiger partial charge is 0.299 e. The Morgan fingerprint density at radius 1 is 1.48 bits per heavy atom. The first-order valence-corrected chi connectivity index (χ1v) is 9.34. The van der Waals surface area contributed by atoms with Crippen LogP contribution in [0.25, 0.3) is 0 Å². The monoisotopic (exact) mass is 336 g/mol. The zero-order valence-corrected chi connectivity index (χ0v) is 16.2. The maximum absolute atomic E-state index is 12.9. The summed E-state index contributed by atoms with van der Waals surface area (Å²) in [7, 11) is 0. The first kappa shape index (κ1) is 20.2. The topological polar surface area (TPSA) is 34.1 Å². The van der Waals surface area contributed by atoms with E-state index in [-0.39, 0.29) is 21.7 Å². The Morgan fingerprint density at radius 3 is 2.57 bits per heavy atom. The molecular weight excluding hydrogens is 304 g/mol. The first-order valence-electron chi connectivity index (χ1n) is 8.52. The van der Waals surface area contributed by atoms with Gasteiger partial charge in [-0.2, -0.15) is 0 Å². The summed E-state index contributed by atoms with van der Waals surface area (Å²) in [6.07, 6.45) is 5.57. The lowest BCUT2D eigenvalue weighted by atomic mass is 9.68. The summed E-state index contributed by atoms with van der Waals surface area (Å²) in [5.74, 6) is 0.338. The standard InChI is InChI=1S/C20H32O2S/c1-8-9-10-15(18(22)23-19(4,5)6)16-11-12-17(21)20(16,7)13-14(2)3/h8,15-16H,1-2,9-13H2,3-7H3/t15-,16-,20-/m1/s1. The van der Waals surface area contributed by atoms with Crippen LogP contribution in [-0.2, 0) is 9.59 Å². The van der Waals surface area contributed by atoms with Crippen LogP contribution < -0.4 is 0 Å². The highest BCUT2D eigenvalue weighted by Gasteiger charge is 2.50. The lowest BCUT2D eigenvalue weighted by Gasteiger charge is -2.36. The molecule has 130 valence electrons. The van der Waals surface area contributed by atoms with E-state index < -0.39 is 5.41 Å². The fraction of sp³-hybridized carbons (Fsp3) is 0.700. The molecule has 0 amide bonds. The molecular formula is C20H32O2S. The van der Waals surface area contributed by atoms with Crippen molar-refractivity contribution in [2.75, 3.05) is 0 Å². The van der Waals surface area contributed by atoms with Crippen LogP contribution in [0.3, 0.4) is 0 Å². The third-order valence-corrected chi connectivity index (χ3v) is 5.80. The van der Waals surface area contributed by atoms with E-state index in [2.05, 4.69) is 33.9 Å². The molecule has 0 aromatic rings. The summed E-state index contributed by atoms with van der Waals surface area (Å²) < 4.78 is -0.100. The van der Waals surface area contributed by atoms with E-state index >= 15 is 0 Å². The number of ketones is 1. The van der Waals surface area contributed by atoms with Crippen molar-refractivity contribution in [3.8, 4) is 0 Å². The maximum Gasteiger partial charge on any atom is 0.192 e. The smallest absolute Gasteiger partial charge is 0.192 e. The number of Topliss-reactive ketones (excluding diaryl/α,β-unsaturated/α-hetero) is 1. The van der Waals surface area contributed by atoms with Crippen molar-refractivity contribution in [3.63, 3.8) is 0 Å². The highest BCUT2D eigenvalue weighted by Crippen LogP contribution is 2.50. The van der Waals surface area contributed by atoms with E-state index in [0.29, 0.717) is 18.6 Å². The summed E-state index contributed by atoms with van der Waals surface area (Å²) in [6, 6.07) is 0. The molecule has 1 saturated carbocycles. The second-order valence-corrected chi connectivity index (χ2v) is 9.96. The number of allylic oxidation sites excluding steroid dienone is 2. The Morgan fingerprint density at radius 2 is 2.09 bits per heavy atom. The molecule has 3 atom stereocenters. The first-order chi connectivity index (χ1) is 10.5. The van der Waals surface area contributed by atoms with Gasteiger partial charge in [0.1, 0.15) is 5.78 Å². The molecule has 0 unspecified atom stereocenters. The molecule has 0 saturated heterocycles. The molecule has 0 aliphatic heterocycles. The van der Waals surface area contributed by atoms with Crippen LogP contribution in [0.15, 0.2) is 24.8 Å². The minimum absolute atomic E-state index is 0.0759. The molecule has 0 radical (unpaired) electrons. The van der Waals surface area contributed by atoms with Crippen molar-refractivity contribution in [1.29, 1.82) is 0 Å². The van der Waals surface area contributed by atoms with E-state index in [4.69, 9.17) is 0 Å². The van der Waals surface area contributed by atoms with Gasteiger partial charge in [0.05, 0.1) is 0 Å². The normalized spacial score (nSPS) is 26.1. The van der Waals surface area contributed by atoms with Gasteiger partial charge in [0.2, 0.25) is 0 Å². The molecule has 23 heavy (non-hydrogen) atoms.